The molecule has 1 aromatic carbocycles. The normalized spacial score (nSPS) is 16.8. The van der Waals surface area contributed by atoms with Crippen molar-refractivity contribution in [2.45, 2.75) is 51.5 Å². The maximum absolute atomic E-state index is 13.0. The van der Waals surface area contributed by atoms with Gasteiger partial charge in [0.15, 0.2) is 11.5 Å². The van der Waals surface area contributed by atoms with Gasteiger partial charge in [0.05, 0.1) is 23.0 Å². The van der Waals surface area contributed by atoms with Gasteiger partial charge in [-0.2, -0.15) is 8.42 Å². The molecule has 1 aromatic rings. The number of nitro benzene ring substituents is 1. The Balaban J connectivity index is 2.27. The summed E-state index contributed by atoms with van der Waals surface area (Å²) in [5.74, 6) is -0.623. The van der Waals surface area contributed by atoms with Crippen LogP contribution in [0.1, 0.15) is 45.1 Å². The van der Waals surface area contributed by atoms with Crippen molar-refractivity contribution in [3.05, 3.63) is 51.4 Å². The number of non-ortho nitro benzene ring substituents is 1. The van der Waals surface area contributed by atoms with Crippen LogP contribution in [0.2, 0.25) is 0 Å². The standard InChI is InChI=1S/C20H26N2O8S2/c1-4-6-11-31-18-12-17(23)21(18)19(16(5-2)30-32(3,27)28)20(24)29-13-14-7-9-15(10-8-14)22(25)26/h7-10,18H,4-6,11-13H2,1-3H3/b19-16+. The Kier molecular flexibility index (Phi) is 9.08. The van der Waals surface area contributed by atoms with Gasteiger partial charge >= 0.3 is 16.1 Å². The first-order valence-corrected chi connectivity index (χ1v) is 12.9. The summed E-state index contributed by atoms with van der Waals surface area (Å²) in [5.41, 5.74) is 0.160. The Morgan fingerprint density at radius 2 is 1.94 bits per heavy atom. The SMILES string of the molecule is CCCCSC1CC(=O)N1/C(C(=O)OCc1ccc([N+](=O)[O-])cc1)=C(\CC)OS(C)(=O)=O. The number of hydrogen-bond donors (Lipinski definition) is 0. The summed E-state index contributed by atoms with van der Waals surface area (Å²) in [6, 6.07) is 5.45. The molecule has 0 aliphatic carbocycles. The number of hydrogen-bond acceptors (Lipinski definition) is 9. The number of esters is 1. The van der Waals surface area contributed by atoms with E-state index in [4.69, 9.17) is 8.92 Å². The Morgan fingerprint density at radius 3 is 2.44 bits per heavy atom. The zero-order valence-corrected chi connectivity index (χ0v) is 19.7. The van der Waals surface area contributed by atoms with Crippen LogP contribution < -0.4 is 0 Å². The highest BCUT2D eigenvalue weighted by Crippen LogP contribution is 2.36. The molecule has 1 amide bonds. The molecular weight excluding hydrogens is 460 g/mol. The Labute approximate surface area is 191 Å². The van der Waals surface area contributed by atoms with E-state index in [0.717, 1.165) is 24.9 Å². The lowest BCUT2D eigenvalue weighted by Crippen LogP contribution is -2.52. The first kappa shape index (κ1) is 25.7. The van der Waals surface area contributed by atoms with Gasteiger partial charge in [-0.3, -0.25) is 19.8 Å². The first-order chi connectivity index (χ1) is 15.1. The minimum absolute atomic E-state index is 0.0468. The number of unbranched alkanes of at least 4 members (excludes halogenated alkanes) is 1. The molecule has 1 saturated heterocycles. The number of ether oxygens (including phenoxy) is 1. The monoisotopic (exact) mass is 486 g/mol. The summed E-state index contributed by atoms with van der Waals surface area (Å²) >= 11 is 1.50. The van der Waals surface area contributed by atoms with Crippen LogP contribution in [0.4, 0.5) is 5.69 Å². The van der Waals surface area contributed by atoms with Crippen LogP contribution in [0, 0.1) is 10.1 Å². The smallest absolute Gasteiger partial charge is 0.359 e. The van der Waals surface area contributed by atoms with Gasteiger partial charge in [0.2, 0.25) is 5.91 Å². The third-order valence-corrected chi connectivity index (χ3v) is 6.29. The van der Waals surface area contributed by atoms with Gasteiger partial charge in [0.1, 0.15) is 6.61 Å². The molecule has 1 aliphatic heterocycles. The fourth-order valence-electron chi connectivity index (χ4n) is 2.88. The number of benzene rings is 1. The molecule has 1 heterocycles. The summed E-state index contributed by atoms with van der Waals surface area (Å²) < 4.78 is 33.8. The number of carbonyl (C=O) groups excluding carboxylic acids is 2. The molecule has 2 rings (SSSR count). The molecule has 12 heteroatoms. The fraction of sp³-hybridized carbons (Fsp3) is 0.500. The molecule has 1 atom stereocenters. The maximum Gasteiger partial charge on any atom is 0.359 e. The van der Waals surface area contributed by atoms with Crippen LogP contribution in [-0.4, -0.2) is 47.5 Å². The maximum atomic E-state index is 13.0. The Morgan fingerprint density at radius 1 is 1.28 bits per heavy atom. The highest BCUT2D eigenvalue weighted by molar-refractivity contribution is 8.00. The van der Waals surface area contributed by atoms with E-state index in [1.165, 1.54) is 40.9 Å². The summed E-state index contributed by atoms with van der Waals surface area (Å²) in [6.07, 6.45) is 3.04. The van der Waals surface area contributed by atoms with E-state index in [-0.39, 0.29) is 47.9 Å². The number of thioether (sulfide) groups is 1. The molecule has 10 nitrogen and oxygen atoms in total. The summed E-state index contributed by atoms with van der Waals surface area (Å²) in [4.78, 5) is 36.8. The van der Waals surface area contributed by atoms with Gasteiger partial charge in [0, 0.05) is 18.6 Å². The number of amides is 1. The highest BCUT2D eigenvalue weighted by atomic mass is 32.2. The zero-order valence-electron chi connectivity index (χ0n) is 18.1. The van der Waals surface area contributed by atoms with Crippen LogP contribution in [0.5, 0.6) is 0 Å². The molecule has 176 valence electrons. The predicted molar refractivity (Wildman–Crippen MR) is 119 cm³/mol. The van der Waals surface area contributed by atoms with Gasteiger partial charge in [-0.05, 0) is 29.9 Å². The van der Waals surface area contributed by atoms with Gasteiger partial charge in [-0.25, -0.2) is 4.79 Å². The van der Waals surface area contributed by atoms with Crippen molar-refractivity contribution in [3.63, 3.8) is 0 Å². The molecular formula is C20H26N2O8S2. The average molecular weight is 487 g/mol. The number of allylic oxidation sites excluding steroid dienone is 1. The van der Waals surface area contributed by atoms with Crippen molar-refractivity contribution in [2.24, 2.45) is 0 Å². The predicted octanol–water partition coefficient (Wildman–Crippen LogP) is 3.33. The topological polar surface area (TPSA) is 133 Å². The molecule has 0 aromatic heterocycles. The van der Waals surface area contributed by atoms with E-state index in [1.54, 1.807) is 6.92 Å². The highest BCUT2D eigenvalue weighted by Gasteiger charge is 2.43. The van der Waals surface area contributed by atoms with Crippen LogP contribution in [-0.2, 0) is 35.2 Å². The van der Waals surface area contributed by atoms with Gasteiger partial charge < -0.3 is 8.92 Å². The fourth-order valence-corrected chi connectivity index (χ4v) is 4.80. The van der Waals surface area contributed by atoms with Crippen LogP contribution in [0.25, 0.3) is 0 Å². The second-order valence-corrected chi connectivity index (χ2v) is 9.92. The van der Waals surface area contributed by atoms with Crippen molar-refractivity contribution < 1.29 is 31.9 Å². The van der Waals surface area contributed by atoms with Gasteiger partial charge in [0.25, 0.3) is 5.69 Å². The molecule has 0 saturated carbocycles. The summed E-state index contributed by atoms with van der Waals surface area (Å²) in [5, 5.41) is 10.5. The van der Waals surface area contributed by atoms with Gasteiger partial charge in [-0.1, -0.05) is 20.3 Å². The largest absolute Gasteiger partial charge is 0.456 e. The van der Waals surface area contributed by atoms with E-state index in [2.05, 4.69) is 0 Å². The lowest BCUT2D eigenvalue weighted by molar-refractivity contribution is -0.384. The third kappa shape index (κ3) is 6.95. The first-order valence-electron chi connectivity index (χ1n) is 10.0. The molecule has 0 radical (unpaired) electrons. The number of nitrogens with zero attached hydrogens (tertiary/aromatic N) is 2. The molecule has 32 heavy (non-hydrogen) atoms. The zero-order chi connectivity index (χ0) is 23.9. The van der Waals surface area contributed by atoms with E-state index in [9.17, 15) is 28.1 Å². The van der Waals surface area contributed by atoms with Gasteiger partial charge in [-0.15, -0.1) is 11.8 Å². The molecule has 1 unspecified atom stereocenters. The van der Waals surface area contributed by atoms with E-state index < -0.39 is 21.0 Å². The molecule has 1 aliphatic rings. The minimum Gasteiger partial charge on any atom is -0.456 e. The van der Waals surface area contributed by atoms with Crippen molar-refractivity contribution in [1.82, 2.24) is 4.90 Å². The summed E-state index contributed by atoms with van der Waals surface area (Å²) in [6.45, 7) is 3.43. The second-order valence-electron chi connectivity index (χ2n) is 7.06. The molecule has 0 bridgehead atoms. The van der Waals surface area contributed by atoms with E-state index in [0.29, 0.717) is 5.56 Å². The third-order valence-electron chi connectivity index (χ3n) is 4.50. The van der Waals surface area contributed by atoms with Crippen molar-refractivity contribution in [2.75, 3.05) is 12.0 Å². The molecule has 1 fully saturated rings. The van der Waals surface area contributed by atoms with Crippen molar-refractivity contribution in [1.29, 1.82) is 0 Å². The number of carbonyl (C=O) groups is 2. The number of rotatable bonds is 12. The van der Waals surface area contributed by atoms with Crippen molar-refractivity contribution >= 4 is 39.4 Å². The quantitative estimate of drug-likeness (QED) is 0.0637. The number of likely N-dealkylation sites (tertiary alicyclic amines) is 1. The minimum atomic E-state index is -3.94. The van der Waals surface area contributed by atoms with Crippen molar-refractivity contribution in [3.8, 4) is 0 Å². The van der Waals surface area contributed by atoms with E-state index in [1.807, 2.05) is 6.92 Å². The number of β-lactam (4-membered cyclic amide) rings is 1. The van der Waals surface area contributed by atoms with E-state index >= 15 is 0 Å². The van der Waals surface area contributed by atoms with Crippen LogP contribution in [0.3, 0.4) is 0 Å². The lowest BCUT2D eigenvalue weighted by Gasteiger charge is -2.40. The second kappa shape index (κ2) is 11.3. The van der Waals surface area contributed by atoms with Crippen LogP contribution >= 0.6 is 11.8 Å². The van der Waals surface area contributed by atoms with Crippen LogP contribution in [0.15, 0.2) is 35.7 Å². The Hall–Kier alpha value is -2.60. The molecule has 0 spiro atoms. The molecule has 0 N–H and O–H groups in total. The summed E-state index contributed by atoms with van der Waals surface area (Å²) in [7, 11) is -3.94. The Bertz CT molecular complexity index is 989. The number of nitro groups is 1. The average Bonchev–Trinajstić information content (AvgIpc) is 2.73. The lowest BCUT2D eigenvalue weighted by atomic mass is 10.1.